The molecule has 0 radical (unpaired) electrons. The van der Waals surface area contributed by atoms with Gasteiger partial charge in [-0.1, -0.05) is 13.3 Å². The predicted octanol–water partition coefficient (Wildman–Crippen LogP) is 3.15. The lowest BCUT2D eigenvalue weighted by molar-refractivity contribution is 0.200. The van der Waals surface area contributed by atoms with Gasteiger partial charge in [0.05, 0.1) is 0 Å². The van der Waals surface area contributed by atoms with E-state index >= 15 is 0 Å². The van der Waals surface area contributed by atoms with Gasteiger partial charge >= 0.3 is 0 Å². The number of H-pyrrole nitrogens is 1. The molecule has 1 saturated heterocycles. The topological polar surface area (TPSA) is 24.0 Å². The minimum atomic E-state index is 0.474. The van der Waals surface area contributed by atoms with Gasteiger partial charge in [0, 0.05) is 24.5 Å². The molecule has 0 aromatic carbocycles. The summed E-state index contributed by atoms with van der Waals surface area (Å²) in [5, 5.41) is 0. The van der Waals surface area contributed by atoms with Crippen LogP contribution < -0.4 is 0 Å². The maximum atomic E-state index is 5.37. The Labute approximate surface area is 109 Å². The van der Waals surface area contributed by atoms with Crippen LogP contribution in [0.2, 0.25) is 0 Å². The van der Waals surface area contributed by atoms with Crippen molar-refractivity contribution in [3.05, 3.63) is 16.7 Å². The van der Waals surface area contributed by atoms with Crippen molar-refractivity contribution in [2.75, 3.05) is 19.6 Å². The number of nitrogens with one attached hydrogen (secondary N) is 1. The molecule has 1 fully saturated rings. The fourth-order valence-corrected chi connectivity index (χ4v) is 3.12. The molecule has 4 heteroatoms. The first kappa shape index (κ1) is 12.8. The summed E-state index contributed by atoms with van der Waals surface area (Å²) in [5.41, 5.74) is 1.32. The number of hydrogen-bond donors (Lipinski definition) is 1. The normalized spacial score (nSPS) is 19.4. The van der Waals surface area contributed by atoms with Crippen LogP contribution in [0.4, 0.5) is 0 Å². The van der Waals surface area contributed by atoms with Crippen LogP contribution in [-0.4, -0.2) is 34.1 Å². The second-order valence-corrected chi connectivity index (χ2v) is 5.41. The van der Waals surface area contributed by atoms with Gasteiger partial charge in [-0.05, 0) is 51.5 Å². The SMILES string of the molecule is CCc1c[nH]c(=S)n1C(C)CN1CCCCC1. The lowest BCUT2D eigenvalue weighted by Crippen LogP contribution is -2.34. The Kier molecular flexibility index (Phi) is 4.40. The van der Waals surface area contributed by atoms with Gasteiger partial charge in [-0.2, -0.15) is 0 Å². The third-order valence-electron chi connectivity index (χ3n) is 3.66. The van der Waals surface area contributed by atoms with E-state index in [9.17, 15) is 0 Å². The van der Waals surface area contributed by atoms with Crippen LogP contribution >= 0.6 is 12.2 Å². The summed E-state index contributed by atoms with van der Waals surface area (Å²) < 4.78 is 3.15. The van der Waals surface area contributed by atoms with E-state index in [2.05, 4.69) is 34.5 Å². The molecular weight excluding hydrogens is 230 g/mol. The highest BCUT2D eigenvalue weighted by Gasteiger charge is 2.16. The molecule has 1 unspecified atom stereocenters. The van der Waals surface area contributed by atoms with Crippen LogP contribution in [0.1, 0.15) is 44.8 Å². The van der Waals surface area contributed by atoms with E-state index in [-0.39, 0.29) is 0 Å². The van der Waals surface area contributed by atoms with Crippen LogP contribution in [0.25, 0.3) is 0 Å². The number of piperidine rings is 1. The minimum Gasteiger partial charge on any atom is -0.337 e. The van der Waals surface area contributed by atoms with Crippen LogP contribution in [-0.2, 0) is 6.42 Å². The lowest BCUT2D eigenvalue weighted by atomic mass is 10.1. The Hall–Kier alpha value is -0.610. The van der Waals surface area contributed by atoms with Gasteiger partial charge in [0.15, 0.2) is 4.77 Å². The molecule has 0 amide bonds. The predicted molar refractivity (Wildman–Crippen MR) is 74.0 cm³/mol. The Morgan fingerprint density at radius 1 is 1.35 bits per heavy atom. The van der Waals surface area contributed by atoms with Crippen LogP contribution in [0.5, 0.6) is 0 Å². The number of imidazole rings is 1. The second-order valence-electron chi connectivity index (χ2n) is 5.02. The Bertz CT molecular complexity index is 401. The lowest BCUT2D eigenvalue weighted by Gasteiger charge is -2.30. The van der Waals surface area contributed by atoms with Gasteiger partial charge in [0.1, 0.15) is 0 Å². The summed E-state index contributed by atoms with van der Waals surface area (Å²) in [6.07, 6.45) is 7.19. The molecule has 1 N–H and O–H groups in total. The molecule has 1 aromatic heterocycles. The fraction of sp³-hybridized carbons (Fsp3) is 0.769. The molecule has 17 heavy (non-hydrogen) atoms. The first-order chi connectivity index (χ1) is 8.22. The maximum Gasteiger partial charge on any atom is 0.177 e. The molecule has 0 saturated carbocycles. The van der Waals surface area contributed by atoms with Crippen molar-refractivity contribution in [2.24, 2.45) is 0 Å². The van der Waals surface area contributed by atoms with Crippen molar-refractivity contribution in [1.82, 2.24) is 14.5 Å². The van der Waals surface area contributed by atoms with Gasteiger partial charge < -0.3 is 14.5 Å². The second kappa shape index (κ2) is 5.83. The third-order valence-corrected chi connectivity index (χ3v) is 3.98. The number of aromatic nitrogens is 2. The molecule has 3 nitrogen and oxygen atoms in total. The van der Waals surface area contributed by atoms with E-state index in [1.54, 1.807) is 0 Å². The van der Waals surface area contributed by atoms with Crippen molar-refractivity contribution in [1.29, 1.82) is 0 Å². The molecule has 2 heterocycles. The van der Waals surface area contributed by atoms with Crippen LogP contribution in [0.3, 0.4) is 0 Å². The highest BCUT2D eigenvalue weighted by Crippen LogP contribution is 2.16. The first-order valence-electron chi connectivity index (χ1n) is 6.73. The molecule has 1 aromatic rings. The summed E-state index contributed by atoms with van der Waals surface area (Å²) in [7, 11) is 0. The molecular formula is C13H23N3S. The summed E-state index contributed by atoms with van der Waals surface area (Å²) in [6.45, 7) is 8.09. The van der Waals surface area contributed by atoms with Crippen molar-refractivity contribution in [2.45, 2.75) is 45.6 Å². The van der Waals surface area contributed by atoms with Gasteiger partial charge in [-0.3, -0.25) is 0 Å². The first-order valence-corrected chi connectivity index (χ1v) is 7.14. The summed E-state index contributed by atoms with van der Waals surface area (Å²) in [6, 6.07) is 0.474. The molecule has 1 aliphatic heterocycles. The number of aromatic amines is 1. The summed E-state index contributed by atoms with van der Waals surface area (Å²) in [5.74, 6) is 0. The zero-order chi connectivity index (χ0) is 12.3. The summed E-state index contributed by atoms with van der Waals surface area (Å²) in [4.78, 5) is 5.74. The molecule has 1 aliphatic rings. The van der Waals surface area contributed by atoms with Crippen molar-refractivity contribution >= 4 is 12.2 Å². The number of hydrogen-bond acceptors (Lipinski definition) is 2. The van der Waals surface area contributed by atoms with E-state index in [0.717, 1.165) is 17.7 Å². The standard InChI is InChI=1S/C13H23N3S/c1-3-12-9-14-13(17)16(12)11(2)10-15-7-5-4-6-8-15/h9,11H,3-8,10H2,1-2H3,(H,14,17). The Morgan fingerprint density at radius 3 is 2.71 bits per heavy atom. The van der Waals surface area contributed by atoms with Gasteiger partial charge in [-0.25, -0.2) is 0 Å². The smallest absolute Gasteiger partial charge is 0.177 e. The largest absolute Gasteiger partial charge is 0.337 e. The molecule has 0 aliphatic carbocycles. The number of likely N-dealkylation sites (tertiary alicyclic amines) is 1. The highest BCUT2D eigenvalue weighted by atomic mass is 32.1. The number of aryl methyl sites for hydroxylation is 1. The van der Waals surface area contributed by atoms with Gasteiger partial charge in [0.25, 0.3) is 0 Å². The van der Waals surface area contributed by atoms with E-state index in [1.165, 1.54) is 38.0 Å². The number of nitrogens with zero attached hydrogens (tertiary/aromatic N) is 2. The number of rotatable bonds is 4. The third kappa shape index (κ3) is 2.99. The average Bonchev–Trinajstić information content (AvgIpc) is 2.71. The van der Waals surface area contributed by atoms with Crippen LogP contribution in [0.15, 0.2) is 6.20 Å². The molecule has 0 spiro atoms. The monoisotopic (exact) mass is 253 g/mol. The van der Waals surface area contributed by atoms with Crippen molar-refractivity contribution in [3.63, 3.8) is 0 Å². The zero-order valence-electron chi connectivity index (χ0n) is 10.9. The van der Waals surface area contributed by atoms with Crippen molar-refractivity contribution < 1.29 is 0 Å². The van der Waals surface area contributed by atoms with E-state index in [4.69, 9.17) is 12.2 Å². The van der Waals surface area contributed by atoms with E-state index in [1.807, 2.05) is 0 Å². The summed E-state index contributed by atoms with van der Waals surface area (Å²) >= 11 is 5.37. The maximum absolute atomic E-state index is 5.37. The zero-order valence-corrected chi connectivity index (χ0v) is 11.7. The fourth-order valence-electron chi connectivity index (χ4n) is 2.77. The molecule has 1 atom stereocenters. The van der Waals surface area contributed by atoms with Gasteiger partial charge in [-0.15, -0.1) is 0 Å². The van der Waals surface area contributed by atoms with E-state index in [0.29, 0.717) is 6.04 Å². The average molecular weight is 253 g/mol. The van der Waals surface area contributed by atoms with E-state index < -0.39 is 0 Å². The van der Waals surface area contributed by atoms with Crippen molar-refractivity contribution in [3.8, 4) is 0 Å². The molecule has 96 valence electrons. The van der Waals surface area contributed by atoms with Crippen LogP contribution in [0, 0.1) is 4.77 Å². The minimum absolute atomic E-state index is 0.474. The quantitative estimate of drug-likeness (QED) is 0.833. The Balaban J connectivity index is 2.05. The van der Waals surface area contributed by atoms with Gasteiger partial charge in [0.2, 0.25) is 0 Å². The highest BCUT2D eigenvalue weighted by molar-refractivity contribution is 7.71. The molecule has 0 bridgehead atoms. The Morgan fingerprint density at radius 2 is 2.06 bits per heavy atom. The molecule has 2 rings (SSSR count).